The predicted octanol–water partition coefficient (Wildman–Crippen LogP) is 3.74. The van der Waals surface area contributed by atoms with E-state index in [9.17, 15) is 9.59 Å². The van der Waals surface area contributed by atoms with Gasteiger partial charge in [0.1, 0.15) is 10.7 Å². The third-order valence-corrected chi connectivity index (χ3v) is 4.06. The number of para-hydroxylation sites is 1. The first-order chi connectivity index (χ1) is 11.0. The molecule has 0 radical (unpaired) electrons. The summed E-state index contributed by atoms with van der Waals surface area (Å²) < 4.78 is 0. The Hall–Kier alpha value is -2.59. The molecule has 0 saturated carbocycles. The van der Waals surface area contributed by atoms with Crippen LogP contribution in [0.25, 0.3) is 0 Å². The molecule has 116 valence electrons. The smallest absolute Gasteiger partial charge is 0.283 e. The maximum Gasteiger partial charge on any atom is 0.283 e. The van der Waals surface area contributed by atoms with Crippen molar-refractivity contribution in [3.63, 3.8) is 0 Å². The van der Waals surface area contributed by atoms with Gasteiger partial charge in [0, 0.05) is 5.69 Å². The predicted molar refractivity (Wildman–Crippen MR) is 91.4 cm³/mol. The fourth-order valence-corrected chi connectivity index (χ4v) is 2.64. The monoisotopic (exact) mass is 326 g/mol. The molecule has 0 atom stereocenters. The Morgan fingerprint density at radius 1 is 0.913 bits per heavy atom. The average Bonchev–Trinajstić information content (AvgIpc) is 2.74. The van der Waals surface area contributed by atoms with Crippen LogP contribution in [0.4, 0.5) is 11.4 Å². The molecule has 0 aliphatic carbocycles. The first-order valence-electron chi connectivity index (χ1n) is 7.17. The van der Waals surface area contributed by atoms with E-state index in [4.69, 9.17) is 11.6 Å². The molecule has 5 heteroatoms. The minimum atomic E-state index is -0.513. The third kappa shape index (κ3) is 2.73. The van der Waals surface area contributed by atoms with E-state index in [0.29, 0.717) is 11.4 Å². The Balaban J connectivity index is 1.93. The zero-order chi connectivity index (χ0) is 16.6. The minimum Gasteiger partial charge on any atom is -0.350 e. The van der Waals surface area contributed by atoms with E-state index < -0.39 is 11.8 Å². The second-order valence-electron chi connectivity index (χ2n) is 5.41. The van der Waals surface area contributed by atoms with Crippen molar-refractivity contribution in [2.45, 2.75) is 13.8 Å². The molecule has 0 unspecified atom stereocenters. The lowest BCUT2D eigenvalue weighted by Gasteiger charge is -2.17. The molecule has 2 aromatic rings. The van der Waals surface area contributed by atoms with Crippen molar-refractivity contribution < 1.29 is 9.59 Å². The largest absolute Gasteiger partial charge is 0.350 e. The lowest BCUT2D eigenvalue weighted by molar-refractivity contribution is -0.120. The number of carbonyl (C=O) groups excluding carboxylic acids is 2. The van der Waals surface area contributed by atoms with Crippen molar-refractivity contribution >= 4 is 34.8 Å². The van der Waals surface area contributed by atoms with Crippen LogP contribution in [-0.2, 0) is 9.59 Å². The highest BCUT2D eigenvalue weighted by molar-refractivity contribution is 6.53. The van der Waals surface area contributed by atoms with Gasteiger partial charge in [-0.2, -0.15) is 0 Å². The molecule has 1 aliphatic heterocycles. The standard InChI is InChI=1S/C18H15ClN2O2/c1-11-7-9-13(10-8-11)20-16-15(19)17(22)21(18(16)23)14-6-4-3-5-12(14)2/h3-10,20H,1-2H3. The lowest BCUT2D eigenvalue weighted by Crippen LogP contribution is -2.32. The molecule has 2 amide bonds. The summed E-state index contributed by atoms with van der Waals surface area (Å²) >= 11 is 6.11. The van der Waals surface area contributed by atoms with Crippen molar-refractivity contribution in [1.82, 2.24) is 0 Å². The van der Waals surface area contributed by atoms with Gasteiger partial charge in [-0.25, -0.2) is 4.90 Å². The van der Waals surface area contributed by atoms with Crippen LogP contribution in [0.15, 0.2) is 59.3 Å². The normalized spacial score (nSPS) is 14.7. The van der Waals surface area contributed by atoms with Crippen LogP contribution in [0.1, 0.15) is 11.1 Å². The number of imide groups is 1. The van der Waals surface area contributed by atoms with E-state index in [2.05, 4.69) is 5.32 Å². The number of benzene rings is 2. The molecule has 2 aromatic carbocycles. The Kier molecular flexibility index (Phi) is 3.92. The lowest BCUT2D eigenvalue weighted by atomic mass is 10.2. The van der Waals surface area contributed by atoms with Crippen molar-refractivity contribution in [2.24, 2.45) is 0 Å². The second-order valence-corrected chi connectivity index (χ2v) is 5.79. The van der Waals surface area contributed by atoms with Gasteiger partial charge in [-0.3, -0.25) is 9.59 Å². The summed E-state index contributed by atoms with van der Waals surface area (Å²) in [6.45, 7) is 3.81. The fourth-order valence-electron chi connectivity index (χ4n) is 2.43. The van der Waals surface area contributed by atoms with E-state index in [-0.39, 0.29) is 10.7 Å². The Labute approximate surface area is 139 Å². The average molecular weight is 327 g/mol. The van der Waals surface area contributed by atoms with Gasteiger partial charge in [-0.1, -0.05) is 47.5 Å². The van der Waals surface area contributed by atoms with E-state index in [1.165, 1.54) is 0 Å². The number of nitrogens with one attached hydrogen (secondary N) is 1. The topological polar surface area (TPSA) is 49.4 Å². The number of halogens is 1. The summed E-state index contributed by atoms with van der Waals surface area (Å²) in [7, 11) is 0. The van der Waals surface area contributed by atoms with E-state index in [1.54, 1.807) is 12.1 Å². The third-order valence-electron chi connectivity index (χ3n) is 3.70. The van der Waals surface area contributed by atoms with Gasteiger partial charge in [0.05, 0.1) is 5.69 Å². The quantitative estimate of drug-likeness (QED) is 0.874. The number of aryl methyl sites for hydroxylation is 2. The Bertz CT molecular complexity index is 825. The summed E-state index contributed by atoms with van der Waals surface area (Å²) in [5, 5.41) is 2.85. The van der Waals surface area contributed by atoms with Gasteiger partial charge in [0.25, 0.3) is 11.8 Å². The van der Waals surface area contributed by atoms with Gasteiger partial charge in [-0.05, 0) is 37.6 Å². The number of rotatable bonds is 3. The summed E-state index contributed by atoms with van der Waals surface area (Å²) in [4.78, 5) is 26.2. The Morgan fingerprint density at radius 3 is 2.22 bits per heavy atom. The van der Waals surface area contributed by atoms with E-state index >= 15 is 0 Å². The van der Waals surface area contributed by atoms with Gasteiger partial charge in [-0.15, -0.1) is 0 Å². The summed E-state index contributed by atoms with van der Waals surface area (Å²) in [5.41, 5.74) is 3.28. The second kappa shape index (κ2) is 5.89. The fraction of sp³-hybridized carbons (Fsp3) is 0.111. The molecular weight excluding hydrogens is 312 g/mol. The van der Waals surface area contributed by atoms with Crippen LogP contribution in [0.3, 0.4) is 0 Å². The molecular formula is C18H15ClN2O2. The Morgan fingerprint density at radius 2 is 1.57 bits per heavy atom. The molecule has 1 aliphatic rings. The number of anilines is 2. The van der Waals surface area contributed by atoms with E-state index in [0.717, 1.165) is 16.0 Å². The SMILES string of the molecule is Cc1ccc(NC2=C(Cl)C(=O)N(c3ccccc3C)C2=O)cc1. The van der Waals surface area contributed by atoms with Crippen LogP contribution < -0.4 is 10.2 Å². The van der Waals surface area contributed by atoms with Crippen LogP contribution in [0.5, 0.6) is 0 Å². The zero-order valence-electron chi connectivity index (χ0n) is 12.8. The number of hydrogen-bond acceptors (Lipinski definition) is 3. The maximum atomic E-state index is 12.7. The van der Waals surface area contributed by atoms with Gasteiger partial charge >= 0.3 is 0 Å². The van der Waals surface area contributed by atoms with Gasteiger partial charge in [0.15, 0.2) is 0 Å². The first-order valence-corrected chi connectivity index (χ1v) is 7.54. The molecule has 0 bridgehead atoms. The molecule has 3 rings (SSSR count). The molecule has 4 nitrogen and oxygen atoms in total. The molecule has 0 aromatic heterocycles. The molecule has 1 N–H and O–H groups in total. The number of nitrogens with zero attached hydrogens (tertiary/aromatic N) is 1. The molecule has 0 saturated heterocycles. The van der Waals surface area contributed by atoms with Gasteiger partial charge < -0.3 is 5.32 Å². The van der Waals surface area contributed by atoms with Crippen molar-refractivity contribution in [2.75, 3.05) is 10.2 Å². The van der Waals surface area contributed by atoms with E-state index in [1.807, 2.05) is 50.2 Å². The highest BCUT2D eigenvalue weighted by atomic mass is 35.5. The minimum absolute atomic E-state index is 0.0983. The van der Waals surface area contributed by atoms with Crippen LogP contribution in [0.2, 0.25) is 0 Å². The van der Waals surface area contributed by atoms with Crippen LogP contribution >= 0.6 is 11.6 Å². The molecule has 1 heterocycles. The van der Waals surface area contributed by atoms with Crippen molar-refractivity contribution in [3.05, 3.63) is 70.4 Å². The number of hydrogen-bond donors (Lipinski definition) is 1. The highest BCUT2D eigenvalue weighted by Crippen LogP contribution is 2.31. The molecule has 23 heavy (non-hydrogen) atoms. The summed E-state index contributed by atoms with van der Waals surface area (Å²) in [5.74, 6) is -0.963. The zero-order valence-corrected chi connectivity index (χ0v) is 13.5. The van der Waals surface area contributed by atoms with Crippen LogP contribution in [0, 0.1) is 13.8 Å². The first kappa shape index (κ1) is 15.3. The number of amides is 2. The molecule has 0 fully saturated rings. The van der Waals surface area contributed by atoms with Crippen molar-refractivity contribution in [3.8, 4) is 0 Å². The summed E-state index contributed by atoms with van der Waals surface area (Å²) in [6, 6.07) is 14.7. The maximum absolute atomic E-state index is 12.7. The van der Waals surface area contributed by atoms with Crippen molar-refractivity contribution in [1.29, 1.82) is 0 Å². The molecule has 0 spiro atoms. The summed E-state index contributed by atoms with van der Waals surface area (Å²) in [6.07, 6.45) is 0. The number of carbonyl (C=O) groups is 2. The van der Waals surface area contributed by atoms with Gasteiger partial charge in [0.2, 0.25) is 0 Å². The van der Waals surface area contributed by atoms with Crippen LogP contribution in [-0.4, -0.2) is 11.8 Å². The highest BCUT2D eigenvalue weighted by Gasteiger charge is 2.39.